The van der Waals surface area contributed by atoms with E-state index in [1.54, 1.807) is 0 Å². The minimum absolute atomic E-state index is 0.121. The fourth-order valence-electron chi connectivity index (χ4n) is 1.64. The lowest BCUT2D eigenvalue weighted by atomic mass is 10.2. The monoisotopic (exact) mass is 327 g/mol. The molecule has 0 aliphatic heterocycles. The fraction of sp³-hybridized carbons (Fsp3) is 0.467. The summed E-state index contributed by atoms with van der Waals surface area (Å²) < 4.78 is 12.4. The van der Waals surface area contributed by atoms with Gasteiger partial charge in [0.25, 0.3) is 0 Å². The van der Waals surface area contributed by atoms with Crippen molar-refractivity contribution < 1.29 is 9.47 Å². The largest absolute Gasteiger partial charge is 0.490 e. The highest BCUT2D eigenvalue weighted by atomic mass is 79.9. The highest BCUT2D eigenvalue weighted by Crippen LogP contribution is 2.34. The van der Waals surface area contributed by atoms with Crippen LogP contribution in [-0.2, 0) is 6.54 Å². The highest BCUT2D eigenvalue weighted by molar-refractivity contribution is 9.10. The fourth-order valence-corrected chi connectivity index (χ4v) is 2.10. The number of nitrogens with one attached hydrogen (secondary N) is 1. The van der Waals surface area contributed by atoms with Gasteiger partial charge in [0.05, 0.1) is 12.7 Å². The van der Waals surface area contributed by atoms with Crippen LogP contribution in [-0.4, -0.2) is 19.3 Å². The maximum absolute atomic E-state index is 5.77. The third kappa shape index (κ3) is 5.25. The standard InChI is InChI=1S/C15H22BrNO2/c1-5-7-17-10-12-8-14(18-6-2)15(9-13(12)16)19-11(3)4/h5,8-9,11,17H,1,6-7,10H2,2-4H3. The lowest BCUT2D eigenvalue weighted by Crippen LogP contribution is -2.14. The molecule has 19 heavy (non-hydrogen) atoms. The van der Waals surface area contributed by atoms with Crippen LogP contribution in [0.1, 0.15) is 26.3 Å². The SMILES string of the molecule is C=CCNCc1cc(OCC)c(OC(C)C)cc1Br. The summed E-state index contributed by atoms with van der Waals surface area (Å²) in [6, 6.07) is 3.98. The normalized spacial score (nSPS) is 10.6. The minimum atomic E-state index is 0.121. The lowest BCUT2D eigenvalue weighted by molar-refractivity contribution is 0.223. The van der Waals surface area contributed by atoms with Crippen molar-refractivity contribution in [3.05, 3.63) is 34.8 Å². The van der Waals surface area contributed by atoms with Gasteiger partial charge >= 0.3 is 0 Å². The average Bonchev–Trinajstić information content (AvgIpc) is 2.34. The molecule has 1 aromatic rings. The van der Waals surface area contributed by atoms with Gasteiger partial charge in [-0.2, -0.15) is 0 Å². The van der Waals surface area contributed by atoms with E-state index in [0.717, 1.165) is 34.6 Å². The van der Waals surface area contributed by atoms with Gasteiger partial charge in [-0.25, -0.2) is 0 Å². The van der Waals surface area contributed by atoms with Crippen molar-refractivity contribution >= 4 is 15.9 Å². The van der Waals surface area contributed by atoms with E-state index in [0.29, 0.717) is 6.61 Å². The van der Waals surface area contributed by atoms with Gasteiger partial charge < -0.3 is 14.8 Å². The van der Waals surface area contributed by atoms with E-state index in [-0.39, 0.29) is 6.10 Å². The second kappa shape index (κ2) is 8.23. The van der Waals surface area contributed by atoms with Crippen molar-refractivity contribution in [1.82, 2.24) is 5.32 Å². The van der Waals surface area contributed by atoms with Crippen LogP contribution in [0.25, 0.3) is 0 Å². The molecule has 0 amide bonds. The third-order valence-corrected chi connectivity index (χ3v) is 3.12. The smallest absolute Gasteiger partial charge is 0.162 e. The predicted octanol–water partition coefficient (Wildman–Crippen LogP) is 3.91. The summed E-state index contributed by atoms with van der Waals surface area (Å²) in [4.78, 5) is 0. The second-order valence-electron chi connectivity index (χ2n) is 4.41. The summed E-state index contributed by atoms with van der Waals surface area (Å²) in [5.41, 5.74) is 1.14. The molecule has 0 unspecified atom stereocenters. The van der Waals surface area contributed by atoms with Crippen molar-refractivity contribution in [3.63, 3.8) is 0 Å². The molecule has 0 heterocycles. The molecule has 106 valence electrons. The second-order valence-corrected chi connectivity index (χ2v) is 5.26. The summed E-state index contributed by atoms with van der Waals surface area (Å²) >= 11 is 3.57. The molecule has 0 saturated heterocycles. The molecule has 0 bridgehead atoms. The van der Waals surface area contributed by atoms with E-state index in [1.165, 1.54) is 0 Å². The molecular weight excluding hydrogens is 306 g/mol. The number of rotatable bonds is 8. The first kappa shape index (κ1) is 16.1. The van der Waals surface area contributed by atoms with Crippen LogP contribution >= 0.6 is 15.9 Å². The van der Waals surface area contributed by atoms with E-state index in [1.807, 2.05) is 39.0 Å². The number of ether oxygens (including phenoxy) is 2. The topological polar surface area (TPSA) is 30.5 Å². The van der Waals surface area contributed by atoms with Crippen molar-refractivity contribution in [3.8, 4) is 11.5 Å². The molecule has 0 radical (unpaired) electrons. The van der Waals surface area contributed by atoms with E-state index < -0.39 is 0 Å². The number of hydrogen-bond donors (Lipinski definition) is 1. The Morgan fingerprint density at radius 1 is 1.37 bits per heavy atom. The van der Waals surface area contributed by atoms with Crippen LogP contribution in [0.3, 0.4) is 0 Å². The van der Waals surface area contributed by atoms with Gasteiger partial charge in [0.2, 0.25) is 0 Å². The van der Waals surface area contributed by atoms with Crippen molar-refractivity contribution in [2.75, 3.05) is 13.2 Å². The van der Waals surface area contributed by atoms with E-state index in [9.17, 15) is 0 Å². The van der Waals surface area contributed by atoms with Crippen LogP contribution in [0.4, 0.5) is 0 Å². The maximum atomic E-state index is 5.77. The predicted molar refractivity (Wildman–Crippen MR) is 83.0 cm³/mol. The highest BCUT2D eigenvalue weighted by Gasteiger charge is 2.11. The quantitative estimate of drug-likeness (QED) is 0.580. The summed E-state index contributed by atoms with van der Waals surface area (Å²) in [6.45, 7) is 11.8. The first-order chi connectivity index (χ1) is 9.08. The van der Waals surface area contributed by atoms with Crippen molar-refractivity contribution in [1.29, 1.82) is 0 Å². The van der Waals surface area contributed by atoms with Gasteiger partial charge in [-0.3, -0.25) is 0 Å². The third-order valence-electron chi connectivity index (χ3n) is 2.38. The average molecular weight is 328 g/mol. The molecule has 1 N–H and O–H groups in total. The molecule has 0 atom stereocenters. The van der Waals surface area contributed by atoms with Gasteiger partial charge in [-0.05, 0) is 38.5 Å². The zero-order chi connectivity index (χ0) is 14.3. The van der Waals surface area contributed by atoms with Gasteiger partial charge in [0.1, 0.15) is 0 Å². The summed E-state index contributed by atoms with van der Waals surface area (Å²) in [7, 11) is 0. The molecule has 1 aromatic carbocycles. The number of benzene rings is 1. The number of halogens is 1. The molecule has 3 nitrogen and oxygen atoms in total. The maximum Gasteiger partial charge on any atom is 0.162 e. The Morgan fingerprint density at radius 2 is 2.11 bits per heavy atom. The zero-order valence-corrected chi connectivity index (χ0v) is 13.4. The molecule has 0 aliphatic rings. The molecule has 0 aromatic heterocycles. The van der Waals surface area contributed by atoms with Crippen LogP contribution in [0.2, 0.25) is 0 Å². The molecule has 0 saturated carbocycles. The van der Waals surface area contributed by atoms with Crippen LogP contribution in [0.5, 0.6) is 11.5 Å². The van der Waals surface area contributed by atoms with E-state index >= 15 is 0 Å². The molecular formula is C15H22BrNO2. The molecule has 1 rings (SSSR count). The first-order valence-electron chi connectivity index (χ1n) is 6.52. The van der Waals surface area contributed by atoms with Gasteiger partial charge in [-0.1, -0.05) is 22.0 Å². The Kier molecular flexibility index (Phi) is 6.95. The molecule has 0 spiro atoms. The summed E-state index contributed by atoms with van der Waals surface area (Å²) in [6.07, 6.45) is 1.96. The van der Waals surface area contributed by atoms with Gasteiger partial charge in [-0.15, -0.1) is 6.58 Å². The number of hydrogen-bond acceptors (Lipinski definition) is 3. The summed E-state index contributed by atoms with van der Waals surface area (Å²) in [5, 5.41) is 3.28. The molecule has 0 aliphatic carbocycles. The Balaban J connectivity index is 2.94. The van der Waals surface area contributed by atoms with Crippen LogP contribution in [0, 0.1) is 0 Å². The van der Waals surface area contributed by atoms with Crippen LogP contribution in [0.15, 0.2) is 29.3 Å². The van der Waals surface area contributed by atoms with Crippen LogP contribution < -0.4 is 14.8 Å². The zero-order valence-electron chi connectivity index (χ0n) is 11.8. The van der Waals surface area contributed by atoms with Crippen molar-refractivity contribution in [2.45, 2.75) is 33.4 Å². The van der Waals surface area contributed by atoms with Gasteiger partial charge in [0, 0.05) is 17.6 Å². The van der Waals surface area contributed by atoms with Gasteiger partial charge in [0.15, 0.2) is 11.5 Å². The Hall–Kier alpha value is -1.00. The first-order valence-corrected chi connectivity index (χ1v) is 7.31. The van der Waals surface area contributed by atoms with E-state index in [4.69, 9.17) is 9.47 Å². The van der Waals surface area contributed by atoms with E-state index in [2.05, 4.69) is 27.8 Å². The Bertz CT molecular complexity index is 419. The Labute approximate surface area is 124 Å². The Morgan fingerprint density at radius 3 is 2.68 bits per heavy atom. The lowest BCUT2D eigenvalue weighted by Gasteiger charge is -2.17. The minimum Gasteiger partial charge on any atom is -0.490 e. The summed E-state index contributed by atoms with van der Waals surface area (Å²) in [5.74, 6) is 1.56. The molecule has 4 heteroatoms. The molecule has 0 fully saturated rings. The van der Waals surface area contributed by atoms with Crippen molar-refractivity contribution in [2.24, 2.45) is 0 Å².